The van der Waals surface area contributed by atoms with Crippen molar-refractivity contribution < 1.29 is 37.3 Å². The number of aliphatic hydroxyl groups is 1. The molecule has 212 valence electrons. The molecule has 0 amide bonds. The molecule has 6 atom stereocenters. The number of halogens is 3. The van der Waals surface area contributed by atoms with Gasteiger partial charge in [0.25, 0.3) is 0 Å². The minimum Gasteiger partial charge on any atom is -0.462 e. The molecule has 0 aromatic heterocycles. The average molecular weight is 539 g/mol. The number of hydrogen-bond acceptors (Lipinski definition) is 5. The number of ether oxygens (including phenoxy) is 2. The molecule has 0 radical (unpaired) electrons. The summed E-state index contributed by atoms with van der Waals surface area (Å²) in [6.45, 7) is 7.82. The molecule has 1 N–H and O–H groups in total. The molecule has 38 heavy (non-hydrogen) atoms. The van der Waals surface area contributed by atoms with E-state index in [9.17, 15) is 27.9 Å². The summed E-state index contributed by atoms with van der Waals surface area (Å²) in [5.74, 6) is -0.315. The van der Waals surface area contributed by atoms with Crippen molar-refractivity contribution in [2.75, 3.05) is 0 Å². The van der Waals surface area contributed by atoms with Crippen LogP contribution in [0.1, 0.15) is 86.0 Å². The molecule has 0 aromatic carbocycles. The second-order valence-electron chi connectivity index (χ2n) is 11.6. The summed E-state index contributed by atoms with van der Waals surface area (Å²) in [4.78, 5) is 23.0. The highest BCUT2D eigenvalue weighted by Gasteiger charge is 2.48. The lowest BCUT2D eigenvalue weighted by Gasteiger charge is -2.42. The summed E-state index contributed by atoms with van der Waals surface area (Å²) >= 11 is 0. The van der Waals surface area contributed by atoms with Gasteiger partial charge in [-0.2, -0.15) is 13.2 Å². The van der Waals surface area contributed by atoms with E-state index in [0.717, 1.165) is 44.3 Å². The van der Waals surface area contributed by atoms with Crippen LogP contribution in [0.15, 0.2) is 47.1 Å². The van der Waals surface area contributed by atoms with Gasteiger partial charge < -0.3 is 14.6 Å². The van der Waals surface area contributed by atoms with Crippen LogP contribution in [0.5, 0.6) is 0 Å². The first-order valence-electron chi connectivity index (χ1n) is 13.5. The maximum Gasteiger partial charge on any atom is 0.420 e. The van der Waals surface area contributed by atoms with Gasteiger partial charge in [0.05, 0.1) is 0 Å². The van der Waals surface area contributed by atoms with Crippen molar-refractivity contribution in [3.05, 3.63) is 47.1 Å². The summed E-state index contributed by atoms with van der Waals surface area (Å²) < 4.78 is 49.8. The molecule has 0 aliphatic heterocycles. The van der Waals surface area contributed by atoms with E-state index in [2.05, 4.69) is 25.2 Å². The second-order valence-corrected chi connectivity index (χ2v) is 11.6. The van der Waals surface area contributed by atoms with Crippen molar-refractivity contribution in [1.29, 1.82) is 0 Å². The molecule has 3 rings (SSSR count). The van der Waals surface area contributed by atoms with Crippen LogP contribution in [0.2, 0.25) is 0 Å². The van der Waals surface area contributed by atoms with Gasteiger partial charge in [0, 0.05) is 33.1 Å². The van der Waals surface area contributed by atoms with Crippen LogP contribution in [0, 0.1) is 17.3 Å². The second kappa shape index (κ2) is 11.8. The van der Waals surface area contributed by atoms with Crippen molar-refractivity contribution in [1.82, 2.24) is 0 Å². The lowest BCUT2D eigenvalue weighted by atomic mass is 9.62. The van der Waals surface area contributed by atoms with E-state index in [0.29, 0.717) is 31.6 Å². The predicted molar refractivity (Wildman–Crippen MR) is 139 cm³/mol. The SMILES string of the molecule is CC(=O)OC1C/C(=C/C=C2\CCC[C@]3(C)C(C(C)C/C=C\C(C)(O)C(F)(F)F)=CCC23)C[C@@H](OC(C)=O)C1. The lowest BCUT2D eigenvalue weighted by molar-refractivity contribution is -0.232. The third kappa shape index (κ3) is 7.19. The van der Waals surface area contributed by atoms with Crippen molar-refractivity contribution in [2.45, 2.75) is 110 Å². The molecular weight excluding hydrogens is 497 g/mol. The number of hydrogen-bond donors (Lipinski definition) is 1. The third-order valence-electron chi connectivity index (χ3n) is 8.35. The van der Waals surface area contributed by atoms with Gasteiger partial charge in [0.15, 0.2) is 5.60 Å². The maximum absolute atomic E-state index is 13.0. The first kappa shape index (κ1) is 30.2. The highest BCUT2D eigenvalue weighted by atomic mass is 19.4. The molecule has 2 fully saturated rings. The molecule has 3 aliphatic carbocycles. The third-order valence-corrected chi connectivity index (χ3v) is 8.35. The quantitative estimate of drug-likeness (QED) is 0.281. The summed E-state index contributed by atoms with van der Waals surface area (Å²) in [6.07, 6.45) is 9.54. The molecule has 0 aromatic rings. The molecule has 2 saturated carbocycles. The Morgan fingerprint density at radius 2 is 1.76 bits per heavy atom. The number of allylic oxidation sites excluding steroid dienone is 6. The van der Waals surface area contributed by atoms with E-state index in [-0.39, 0.29) is 35.5 Å². The van der Waals surface area contributed by atoms with Crippen molar-refractivity contribution in [3.63, 3.8) is 0 Å². The molecule has 0 spiro atoms. The summed E-state index contributed by atoms with van der Waals surface area (Å²) in [6, 6.07) is 0. The van der Waals surface area contributed by atoms with Gasteiger partial charge >= 0.3 is 18.1 Å². The Balaban J connectivity index is 1.73. The van der Waals surface area contributed by atoms with Crippen LogP contribution in [-0.4, -0.2) is 41.0 Å². The zero-order chi connectivity index (χ0) is 28.3. The largest absolute Gasteiger partial charge is 0.462 e. The Kier molecular flexibility index (Phi) is 9.38. The molecule has 4 unspecified atom stereocenters. The van der Waals surface area contributed by atoms with E-state index in [1.807, 2.05) is 6.92 Å². The number of esters is 2. The zero-order valence-electron chi connectivity index (χ0n) is 23.1. The van der Waals surface area contributed by atoms with E-state index < -0.39 is 11.8 Å². The Morgan fingerprint density at radius 1 is 1.16 bits per heavy atom. The van der Waals surface area contributed by atoms with Crippen LogP contribution in [0.25, 0.3) is 0 Å². The van der Waals surface area contributed by atoms with Crippen LogP contribution < -0.4 is 0 Å². The van der Waals surface area contributed by atoms with Gasteiger partial charge in [-0.15, -0.1) is 0 Å². The highest BCUT2D eigenvalue weighted by Crippen LogP contribution is 2.57. The molecule has 5 nitrogen and oxygen atoms in total. The minimum absolute atomic E-state index is 0.0600. The average Bonchev–Trinajstić information content (AvgIpc) is 3.13. The summed E-state index contributed by atoms with van der Waals surface area (Å²) in [5, 5.41) is 9.70. The highest BCUT2D eigenvalue weighted by molar-refractivity contribution is 5.67. The topological polar surface area (TPSA) is 72.8 Å². The van der Waals surface area contributed by atoms with Crippen LogP contribution in [0.3, 0.4) is 0 Å². The summed E-state index contributed by atoms with van der Waals surface area (Å²) in [7, 11) is 0. The molecule has 0 heterocycles. The smallest absolute Gasteiger partial charge is 0.420 e. The Morgan fingerprint density at radius 3 is 2.32 bits per heavy atom. The van der Waals surface area contributed by atoms with Crippen molar-refractivity contribution in [3.8, 4) is 0 Å². The molecule has 0 bridgehead atoms. The van der Waals surface area contributed by atoms with E-state index in [4.69, 9.17) is 9.47 Å². The van der Waals surface area contributed by atoms with Gasteiger partial charge in [-0.05, 0) is 62.4 Å². The Hall–Kier alpha value is -2.35. The number of carbonyl (C=O) groups excluding carboxylic acids is 2. The predicted octanol–water partition coefficient (Wildman–Crippen LogP) is 6.92. The summed E-state index contributed by atoms with van der Waals surface area (Å²) in [5.41, 5.74) is 0.808. The fraction of sp³-hybridized carbons (Fsp3) is 0.667. The molecular formula is C30H41F3O5. The maximum atomic E-state index is 13.0. The van der Waals surface area contributed by atoms with Crippen LogP contribution >= 0.6 is 0 Å². The Bertz CT molecular complexity index is 993. The normalized spacial score (nSPS) is 32.6. The van der Waals surface area contributed by atoms with Gasteiger partial charge in [-0.1, -0.05) is 54.9 Å². The molecule has 3 aliphatic rings. The van der Waals surface area contributed by atoms with Gasteiger partial charge in [0.1, 0.15) is 12.2 Å². The van der Waals surface area contributed by atoms with Crippen LogP contribution in [-0.2, 0) is 19.1 Å². The number of rotatable bonds is 7. The molecule has 0 saturated heterocycles. The molecule has 8 heteroatoms. The van der Waals surface area contributed by atoms with Gasteiger partial charge in [-0.3, -0.25) is 9.59 Å². The number of fused-ring (bicyclic) bond motifs is 1. The van der Waals surface area contributed by atoms with E-state index in [1.165, 1.54) is 31.1 Å². The van der Waals surface area contributed by atoms with Crippen LogP contribution in [0.4, 0.5) is 13.2 Å². The van der Waals surface area contributed by atoms with Gasteiger partial charge in [-0.25, -0.2) is 0 Å². The van der Waals surface area contributed by atoms with Crippen molar-refractivity contribution in [2.24, 2.45) is 17.3 Å². The van der Waals surface area contributed by atoms with Crippen molar-refractivity contribution >= 4 is 11.9 Å². The van der Waals surface area contributed by atoms with Gasteiger partial charge in [0.2, 0.25) is 0 Å². The minimum atomic E-state index is -4.71. The number of carbonyl (C=O) groups is 2. The standard InChI is InChI=1S/C30H41F3O5/c1-19(8-6-15-29(5,36)30(31,32)33)26-12-13-27-23(9-7-14-28(26,27)4)11-10-22-16-24(37-20(2)34)18-25(17-22)38-21(3)35/h6,10-12,15,19,24-25,27,36H,7-9,13-14,16-18H2,1-5H3/b15-6-,22-10-,23-11+/t19?,24?,25-,27?,28-,29?/m1/s1. The number of alkyl halides is 3. The van der Waals surface area contributed by atoms with E-state index in [1.54, 1.807) is 0 Å². The monoisotopic (exact) mass is 538 g/mol. The first-order valence-corrected chi connectivity index (χ1v) is 13.5. The lowest BCUT2D eigenvalue weighted by Crippen LogP contribution is -2.40. The Labute approximate surface area is 223 Å². The van der Waals surface area contributed by atoms with E-state index >= 15 is 0 Å². The zero-order valence-corrected chi connectivity index (χ0v) is 23.1. The fourth-order valence-electron chi connectivity index (χ4n) is 6.48. The fourth-order valence-corrected chi connectivity index (χ4v) is 6.48. The first-order chi connectivity index (χ1) is 17.6.